The van der Waals surface area contributed by atoms with Crippen LogP contribution in [0.5, 0.6) is 0 Å². The van der Waals surface area contributed by atoms with Crippen LogP contribution in [0.2, 0.25) is 0 Å². The van der Waals surface area contributed by atoms with Crippen LogP contribution in [-0.4, -0.2) is 16.1 Å². The molecule has 78 valence electrons. The topological polar surface area (TPSA) is 51.2 Å². The lowest BCUT2D eigenvalue weighted by Gasteiger charge is -2.19. The van der Waals surface area contributed by atoms with Crippen LogP contribution in [0.3, 0.4) is 0 Å². The summed E-state index contributed by atoms with van der Waals surface area (Å²) < 4.78 is 9.12. The van der Waals surface area contributed by atoms with Gasteiger partial charge in [-0.15, -0.1) is 0 Å². The largest absolute Gasteiger partial charge is 0.444 e. The van der Waals surface area contributed by atoms with Crippen molar-refractivity contribution < 1.29 is 9.53 Å². The third-order valence-electron chi connectivity index (χ3n) is 1.25. The summed E-state index contributed by atoms with van der Waals surface area (Å²) in [5.41, 5.74) is 0.421. The number of carbonyl (C=O) groups is 1. The number of hydrogen-bond donors (Lipinski definition) is 1. The van der Waals surface area contributed by atoms with Crippen molar-refractivity contribution in [2.24, 2.45) is 0 Å². The van der Waals surface area contributed by atoms with E-state index in [0.717, 1.165) is 5.69 Å². The summed E-state index contributed by atoms with van der Waals surface area (Å²) >= 11 is 1.24. The van der Waals surface area contributed by atoms with Gasteiger partial charge in [-0.2, -0.15) is 4.37 Å². The molecule has 0 radical (unpaired) electrons. The first-order chi connectivity index (χ1) is 6.37. The average molecular weight is 214 g/mol. The van der Waals surface area contributed by atoms with Crippen LogP contribution in [0.4, 0.5) is 9.80 Å². The smallest absolute Gasteiger partial charge is 0.412 e. The van der Waals surface area contributed by atoms with Crippen LogP contribution < -0.4 is 5.32 Å². The number of aromatic nitrogens is 1. The number of aryl methyl sites for hydroxylation is 1. The van der Waals surface area contributed by atoms with Crippen LogP contribution in [-0.2, 0) is 4.74 Å². The zero-order valence-corrected chi connectivity index (χ0v) is 9.57. The Hall–Kier alpha value is -1.10. The van der Waals surface area contributed by atoms with Gasteiger partial charge < -0.3 is 4.74 Å². The highest BCUT2D eigenvalue weighted by Crippen LogP contribution is 2.16. The number of rotatable bonds is 1. The molecule has 1 amide bonds. The van der Waals surface area contributed by atoms with Gasteiger partial charge in [0.25, 0.3) is 0 Å². The van der Waals surface area contributed by atoms with Crippen LogP contribution in [0.15, 0.2) is 6.07 Å². The Morgan fingerprint density at radius 2 is 2.21 bits per heavy atom. The predicted molar refractivity (Wildman–Crippen MR) is 56.7 cm³/mol. The molecule has 1 rings (SSSR count). The second-order valence-electron chi connectivity index (χ2n) is 3.96. The zero-order valence-electron chi connectivity index (χ0n) is 8.75. The third-order valence-corrected chi connectivity index (χ3v) is 2.05. The van der Waals surface area contributed by atoms with E-state index in [9.17, 15) is 4.79 Å². The number of anilines is 1. The molecular formula is C9H14N2O2S. The SMILES string of the molecule is Cc1cc(NC(=O)OC(C)(C)C)sn1. The van der Waals surface area contributed by atoms with Gasteiger partial charge in [0.05, 0.1) is 5.69 Å². The number of hydrogen-bond acceptors (Lipinski definition) is 4. The molecule has 0 aliphatic heterocycles. The lowest BCUT2D eigenvalue weighted by atomic mass is 10.2. The lowest BCUT2D eigenvalue weighted by molar-refractivity contribution is 0.0636. The summed E-state index contributed by atoms with van der Waals surface area (Å²) in [6.07, 6.45) is -0.443. The van der Waals surface area contributed by atoms with Gasteiger partial charge in [-0.1, -0.05) is 0 Å². The summed E-state index contributed by atoms with van der Waals surface area (Å²) in [7, 11) is 0. The van der Waals surface area contributed by atoms with Gasteiger partial charge in [-0.25, -0.2) is 4.79 Å². The molecule has 0 aromatic carbocycles. The first-order valence-corrected chi connectivity index (χ1v) is 5.07. The summed E-state index contributed by atoms with van der Waals surface area (Å²) in [6.45, 7) is 7.34. The number of nitrogens with one attached hydrogen (secondary N) is 1. The molecule has 0 fully saturated rings. The summed E-state index contributed by atoms with van der Waals surface area (Å²) in [5.74, 6) is 0. The summed E-state index contributed by atoms with van der Waals surface area (Å²) in [4.78, 5) is 11.3. The second kappa shape index (κ2) is 3.96. The van der Waals surface area contributed by atoms with Gasteiger partial charge in [-0.05, 0) is 45.3 Å². The fraction of sp³-hybridized carbons (Fsp3) is 0.556. The van der Waals surface area contributed by atoms with Crippen LogP contribution >= 0.6 is 11.5 Å². The van der Waals surface area contributed by atoms with Crippen LogP contribution in [0, 0.1) is 6.92 Å². The first-order valence-electron chi connectivity index (χ1n) is 4.30. The van der Waals surface area contributed by atoms with E-state index in [1.165, 1.54) is 11.5 Å². The van der Waals surface area contributed by atoms with Gasteiger partial charge in [0.2, 0.25) is 0 Å². The maximum atomic E-state index is 11.3. The fourth-order valence-electron chi connectivity index (χ4n) is 0.827. The molecule has 1 heterocycles. The van der Waals surface area contributed by atoms with Gasteiger partial charge in [0.1, 0.15) is 10.6 Å². The van der Waals surface area contributed by atoms with Crippen molar-refractivity contribution in [1.29, 1.82) is 0 Å². The molecule has 0 aliphatic rings. The molecular weight excluding hydrogens is 200 g/mol. The minimum atomic E-state index is -0.468. The highest BCUT2D eigenvalue weighted by Gasteiger charge is 2.16. The van der Waals surface area contributed by atoms with E-state index >= 15 is 0 Å². The molecule has 1 aromatic rings. The average Bonchev–Trinajstić information content (AvgIpc) is 2.30. The van der Waals surface area contributed by atoms with E-state index in [1.54, 1.807) is 6.07 Å². The Morgan fingerprint density at radius 3 is 2.64 bits per heavy atom. The summed E-state index contributed by atoms with van der Waals surface area (Å²) in [5, 5.41) is 3.32. The molecule has 0 bridgehead atoms. The Bertz CT molecular complexity index is 328. The standard InChI is InChI=1S/C9H14N2O2S/c1-6-5-7(14-11-6)10-8(12)13-9(2,3)4/h5H,1-4H3,(H,10,12). The Morgan fingerprint density at radius 1 is 1.57 bits per heavy atom. The molecule has 14 heavy (non-hydrogen) atoms. The Labute approximate surface area is 87.4 Å². The number of ether oxygens (including phenoxy) is 1. The van der Waals surface area contributed by atoms with E-state index in [2.05, 4.69) is 9.69 Å². The van der Waals surface area contributed by atoms with Crippen molar-refractivity contribution in [3.8, 4) is 0 Å². The molecule has 0 atom stereocenters. The molecule has 0 aliphatic carbocycles. The molecule has 1 aromatic heterocycles. The number of carbonyl (C=O) groups excluding carboxylic acids is 1. The molecule has 0 spiro atoms. The van der Waals surface area contributed by atoms with E-state index in [1.807, 2.05) is 27.7 Å². The highest BCUT2D eigenvalue weighted by atomic mass is 32.1. The van der Waals surface area contributed by atoms with Crippen LogP contribution in [0.1, 0.15) is 26.5 Å². The molecule has 0 saturated heterocycles. The first kappa shape index (κ1) is 11.0. The molecule has 4 nitrogen and oxygen atoms in total. The Balaban J connectivity index is 2.50. The van der Waals surface area contributed by atoms with E-state index in [-0.39, 0.29) is 0 Å². The summed E-state index contributed by atoms with van der Waals surface area (Å²) in [6, 6.07) is 1.80. The monoisotopic (exact) mass is 214 g/mol. The minimum absolute atomic E-state index is 0.443. The van der Waals surface area contributed by atoms with Gasteiger partial charge in [0.15, 0.2) is 0 Å². The fourth-order valence-corrected chi connectivity index (χ4v) is 1.47. The zero-order chi connectivity index (χ0) is 10.8. The maximum Gasteiger partial charge on any atom is 0.412 e. The van der Waals surface area contributed by atoms with Crippen molar-refractivity contribution in [2.45, 2.75) is 33.3 Å². The van der Waals surface area contributed by atoms with Crippen molar-refractivity contribution >= 4 is 22.6 Å². The minimum Gasteiger partial charge on any atom is -0.444 e. The highest BCUT2D eigenvalue weighted by molar-refractivity contribution is 7.10. The van der Waals surface area contributed by atoms with Crippen molar-refractivity contribution in [1.82, 2.24) is 4.37 Å². The molecule has 1 N–H and O–H groups in total. The molecule has 5 heteroatoms. The van der Waals surface area contributed by atoms with Crippen molar-refractivity contribution in [2.75, 3.05) is 5.32 Å². The van der Waals surface area contributed by atoms with Gasteiger partial charge >= 0.3 is 6.09 Å². The van der Waals surface area contributed by atoms with E-state index in [0.29, 0.717) is 5.00 Å². The lowest BCUT2D eigenvalue weighted by Crippen LogP contribution is -2.26. The number of amides is 1. The van der Waals surface area contributed by atoms with Gasteiger partial charge in [0, 0.05) is 0 Å². The van der Waals surface area contributed by atoms with E-state index < -0.39 is 11.7 Å². The quantitative estimate of drug-likeness (QED) is 0.782. The van der Waals surface area contributed by atoms with E-state index in [4.69, 9.17) is 4.74 Å². The predicted octanol–water partition coefficient (Wildman–Crippen LogP) is 2.80. The van der Waals surface area contributed by atoms with Gasteiger partial charge in [-0.3, -0.25) is 5.32 Å². The number of nitrogens with zero attached hydrogens (tertiary/aromatic N) is 1. The third kappa shape index (κ3) is 3.74. The second-order valence-corrected chi connectivity index (χ2v) is 4.76. The normalized spacial score (nSPS) is 11.1. The molecule has 0 saturated carbocycles. The maximum absolute atomic E-state index is 11.3. The Kier molecular flexibility index (Phi) is 3.10. The molecule has 0 unspecified atom stereocenters. The van der Waals surface area contributed by atoms with Crippen LogP contribution in [0.25, 0.3) is 0 Å². The van der Waals surface area contributed by atoms with Crippen molar-refractivity contribution in [3.05, 3.63) is 11.8 Å². The van der Waals surface area contributed by atoms with Crippen molar-refractivity contribution in [3.63, 3.8) is 0 Å².